The van der Waals surface area contributed by atoms with Gasteiger partial charge in [-0.1, -0.05) is 19.3 Å². The number of thioether (sulfide) groups is 1. The van der Waals surface area contributed by atoms with Crippen molar-refractivity contribution in [3.05, 3.63) is 0 Å². The molecule has 0 aromatic heterocycles. The molecule has 1 unspecified atom stereocenters. The highest BCUT2D eigenvalue weighted by Gasteiger charge is 2.28. The van der Waals surface area contributed by atoms with Crippen LogP contribution in [-0.4, -0.2) is 17.0 Å². The molecule has 1 saturated carbocycles. The molecule has 1 aliphatic carbocycles. The van der Waals surface area contributed by atoms with Crippen LogP contribution >= 0.6 is 11.8 Å². The molecule has 0 aromatic carbocycles. The van der Waals surface area contributed by atoms with E-state index in [2.05, 4.69) is 11.8 Å². The van der Waals surface area contributed by atoms with Gasteiger partial charge in [0.15, 0.2) is 0 Å². The summed E-state index contributed by atoms with van der Waals surface area (Å²) in [6.07, 6.45) is 10.9. The molecule has 1 saturated heterocycles. The Balaban J connectivity index is 1.72. The lowest BCUT2D eigenvalue weighted by atomic mass is 9.78. The van der Waals surface area contributed by atoms with Crippen LogP contribution in [0.4, 0.5) is 0 Å². The van der Waals surface area contributed by atoms with E-state index in [0.29, 0.717) is 0 Å². The highest BCUT2D eigenvalue weighted by molar-refractivity contribution is 7.99. The average molecular weight is 213 g/mol. The van der Waals surface area contributed by atoms with E-state index < -0.39 is 0 Å². The number of hydrogen-bond acceptors (Lipinski definition) is 2. The average Bonchev–Trinajstić information content (AvgIpc) is 2.69. The minimum atomic E-state index is 0.228. The van der Waals surface area contributed by atoms with Crippen molar-refractivity contribution in [1.29, 1.82) is 0 Å². The first kappa shape index (κ1) is 10.8. The summed E-state index contributed by atoms with van der Waals surface area (Å²) in [7, 11) is 0. The molecule has 0 bridgehead atoms. The Morgan fingerprint density at radius 1 is 1.21 bits per heavy atom. The van der Waals surface area contributed by atoms with Crippen LogP contribution in [0, 0.1) is 5.92 Å². The zero-order valence-corrected chi connectivity index (χ0v) is 9.95. The fourth-order valence-corrected chi connectivity index (χ4v) is 4.14. The minimum Gasteiger partial charge on any atom is -0.325 e. The van der Waals surface area contributed by atoms with E-state index in [1.54, 1.807) is 0 Å². The predicted molar refractivity (Wildman–Crippen MR) is 64.7 cm³/mol. The fourth-order valence-electron chi connectivity index (χ4n) is 2.81. The first-order valence-corrected chi connectivity index (χ1v) is 7.31. The zero-order valence-electron chi connectivity index (χ0n) is 9.13. The van der Waals surface area contributed by atoms with E-state index in [0.717, 1.165) is 5.92 Å². The molecule has 82 valence electrons. The number of rotatable bonds is 3. The first-order valence-electron chi connectivity index (χ1n) is 6.15. The lowest BCUT2D eigenvalue weighted by molar-refractivity contribution is 0.259. The molecule has 1 aliphatic heterocycles. The first-order chi connectivity index (χ1) is 6.79. The maximum Gasteiger partial charge on any atom is 0.0154 e. The number of hydrogen-bond donors (Lipinski definition) is 1. The Morgan fingerprint density at radius 2 is 2.00 bits per heavy atom. The molecule has 2 fully saturated rings. The molecule has 2 rings (SSSR count). The van der Waals surface area contributed by atoms with Crippen LogP contribution in [0.25, 0.3) is 0 Å². The van der Waals surface area contributed by atoms with Gasteiger partial charge in [0.25, 0.3) is 0 Å². The quantitative estimate of drug-likeness (QED) is 0.779. The molecule has 0 spiro atoms. The predicted octanol–water partition coefficient (Wildman–Crippen LogP) is 3.18. The fraction of sp³-hybridized carbons (Fsp3) is 1.00. The summed E-state index contributed by atoms with van der Waals surface area (Å²) in [6, 6.07) is 0. The van der Waals surface area contributed by atoms with Gasteiger partial charge in [0.05, 0.1) is 0 Å². The van der Waals surface area contributed by atoms with Crippen LogP contribution in [0.2, 0.25) is 0 Å². The number of nitrogens with two attached hydrogens (primary N) is 1. The normalized spacial score (nSPS) is 31.9. The lowest BCUT2D eigenvalue weighted by Crippen LogP contribution is -2.41. The van der Waals surface area contributed by atoms with Crippen molar-refractivity contribution in [2.24, 2.45) is 11.7 Å². The molecule has 2 N–H and O–H groups in total. The van der Waals surface area contributed by atoms with Crippen LogP contribution in [-0.2, 0) is 0 Å². The summed E-state index contributed by atoms with van der Waals surface area (Å²) < 4.78 is 0. The van der Waals surface area contributed by atoms with Crippen molar-refractivity contribution in [2.45, 2.75) is 56.9 Å². The summed E-state index contributed by atoms with van der Waals surface area (Å²) in [5.74, 6) is 3.78. The van der Waals surface area contributed by atoms with E-state index in [9.17, 15) is 0 Å². The minimum absolute atomic E-state index is 0.228. The van der Waals surface area contributed by atoms with Crippen molar-refractivity contribution in [1.82, 2.24) is 0 Å². The Bertz CT molecular complexity index is 169. The summed E-state index contributed by atoms with van der Waals surface area (Å²) in [5.41, 5.74) is 6.66. The summed E-state index contributed by atoms with van der Waals surface area (Å²) >= 11 is 2.13. The molecule has 2 aliphatic rings. The van der Waals surface area contributed by atoms with Gasteiger partial charge in [-0.05, 0) is 49.5 Å². The third-order valence-electron chi connectivity index (χ3n) is 3.92. The van der Waals surface area contributed by atoms with Gasteiger partial charge >= 0.3 is 0 Å². The van der Waals surface area contributed by atoms with Crippen LogP contribution in [0.3, 0.4) is 0 Å². The van der Waals surface area contributed by atoms with Gasteiger partial charge in [-0.3, -0.25) is 0 Å². The Hall–Kier alpha value is 0.310. The third-order valence-corrected chi connectivity index (χ3v) is 5.16. The van der Waals surface area contributed by atoms with Crippen molar-refractivity contribution in [2.75, 3.05) is 11.5 Å². The van der Waals surface area contributed by atoms with Crippen molar-refractivity contribution < 1.29 is 0 Å². The molecule has 1 atom stereocenters. The van der Waals surface area contributed by atoms with E-state index in [1.807, 2.05) is 0 Å². The van der Waals surface area contributed by atoms with Crippen LogP contribution < -0.4 is 5.73 Å². The van der Waals surface area contributed by atoms with Crippen LogP contribution in [0.15, 0.2) is 0 Å². The second kappa shape index (κ2) is 4.89. The van der Waals surface area contributed by atoms with E-state index in [-0.39, 0.29) is 5.54 Å². The van der Waals surface area contributed by atoms with Gasteiger partial charge < -0.3 is 5.73 Å². The van der Waals surface area contributed by atoms with Crippen molar-refractivity contribution in [3.8, 4) is 0 Å². The molecular formula is C12H23NS. The van der Waals surface area contributed by atoms with Gasteiger partial charge in [0.2, 0.25) is 0 Å². The Labute approximate surface area is 92.2 Å². The van der Waals surface area contributed by atoms with Gasteiger partial charge in [0, 0.05) is 5.54 Å². The summed E-state index contributed by atoms with van der Waals surface area (Å²) in [4.78, 5) is 0. The van der Waals surface area contributed by atoms with Crippen LogP contribution in [0.5, 0.6) is 0 Å². The van der Waals surface area contributed by atoms with E-state index in [4.69, 9.17) is 5.73 Å². The van der Waals surface area contributed by atoms with Gasteiger partial charge in [-0.2, -0.15) is 11.8 Å². The summed E-state index contributed by atoms with van der Waals surface area (Å²) in [6.45, 7) is 0. The maximum absolute atomic E-state index is 6.43. The monoisotopic (exact) mass is 213 g/mol. The molecule has 1 nitrogen and oxygen atoms in total. The van der Waals surface area contributed by atoms with Gasteiger partial charge in [-0.15, -0.1) is 0 Å². The van der Waals surface area contributed by atoms with Gasteiger partial charge in [0.1, 0.15) is 0 Å². The third kappa shape index (κ3) is 2.90. The molecule has 0 amide bonds. The molecule has 0 aromatic rings. The van der Waals surface area contributed by atoms with Crippen molar-refractivity contribution in [3.63, 3.8) is 0 Å². The lowest BCUT2D eigenvalue weighted by Gasteiger charge is -2.34. The zero-order chi connectivity index (χ0) is 9.86. The SMILES string of the molecule is NC1(CCC2CCSC2)CCCCC1. The topological polar surface area (TPSA) is 26.0 Å². The molecule has 14 heavy (non-hydrogen) atoms. The largest absolute Gasteiger partial charge is 0.325 e. The molecule has 0 radical (unpaired) electrons. The smallest absolute Gasteiger partial charge is 0.0154 e. The van der Waals surface area contributed by atoms with Crippen LogP contribution in [0.1, 0.15) is 51.4 Å². The Kier molecular flexibility index (Phi) is 3.78. The van der Waals surface area contributed by atoms with E-state index in [1.165, 1.54) is 62.9 Å². The molecule has 1 heterocycles. The molecular weight excluding hydrogens is 190 g/mol. The Morgan fingerprint density at radius 3 is 2.64 bits per heavy atom. The second-order valence-corrected chi connectivity index (χ2v) is 6.34. The second-order valence-electron chi connectivity index (χ2n) is 5.19. The van der Waals surface area contributed by atoms with Crippen molar-refractivity contribution >= 4 is 11.8 Å². The standard InChI is InChI=1S/C12H23NS/c13-12(6-2-1-3-7-12)8-4-11-5-9-14-10-11/h11H,1-10,13H2. The highest BCUT2D eigenvalue weighted by atomic mass is 32.2. The summed E-state index contributed by atoms with van der Waals surface area (Å²) in [5, 5.41) is 0. The maximum atomic E-state index is 6.43. The van der Waals surface area contributed by atoms with Gasteiger partial charge in [-0.25, -0.2) is 0 Å². The van der Waals surface area contributed by atoms with E-state index >= 15 is 0 Å². The highest BCUT2D eigenvalue weighted by Crippen LogP contribution is 2.34. The molecule has 2 heteroatoms.